The number of alkyl halides is 3. The molecule has 0 bridgehead atoms. The molecule has 0 aliphatic carbocycles. The Morgan fingerprint density at radius 1 is 1.33 bits per heavy atom. The number of hydrogen-bond acceptors (Lipinski definition) is 3. The van der Waals surface area contributed by atoms with Gasteiger partial charge in [0, 0.05) is 5.39 Å². The van der Waals surface area contributed by atoms with E-state index in [4.69, 9.17) is 0 Å². The predicted molar refractivity (Wildman–Crippen MR) is 56.3 cm³/mol. The number of fused-ring (bicyclic) bond motifs is 1. The highest BCUT2D eigenvalue weighted by Gasteiger charge is 2.32. The normalized spacial score (nSPS) is 11.6. The van der Waals surface area contributed by atoms with Crippen molar-refractivity contribution in [3.8, 4) is 5.75 Å². The zero-order valence-corrected chi connectivity index (χ0v) is 9.17. The van der Waals surface area contributed by atoms with Crippen LogP contribution in [0.1, 0.15) is 10.5 Å². The van der Waals surface area contributed by atoms with Crippen molar-refractivity contribution in [2.24, 2.45) is 0 Å². The minimum atomic E-state index is -4.79. The zero-order chi connectivity index (χ0) is 13.3. The number of para-hydroxylation sites is 1. The summed E-state index contributed by atoms with van der Waals surface area (Å²) in [6, 6.07) is 5.51. The van der Waals surface area contributed by atoms with Crippen LogP contribution in [0.25, 0.3) is 10.9 Å². The van der Waals surface area contributed by atoms with Gasteiger partial charge in [0.05, 0.1) is 12.6 Å². The fourth-order valence-corrected chi connectivity index (χ4v) is 1.56. The predicted octanol–water partition coefficient (Wildman–Crippen LogP) is 2.85. The van der Waals surface area contributed by atoms with Crippen LogP contribution < -0.4 is 4.74 Å². The molecule has 0 radical (unpaired) electrons. The molecule has 0 spiro atoms. The number of ether oxygens (including phenoxy) is 2. The second-order valence-corrected chi connectivity index (χ2v) is 3.44. The molecule has 0 aliphatic heterocycles. The van der Waals surface area contributed by atoms with E-state index in [1.807, 2.05) is 0 Å². The number of aromatic amines is 1. The summed E-state index contributed by atoms with van der Waals surface area (Å²) in [5, 5.41) is 0.428. The number of H-pyrrole nitrogens is 1. The molecule has 1 aromatic heterocycles. The van der Waals surface area contributed by atoms with Crippen molar-refractivity contribution in [1.82, 2.24) is 4.98 Å². The van der Waals surface area contributed by atoms with E-state index in [-0.39, 0.29) is 11.2 Å². The number of nitrogens with one attached hydrogen (secondary N) is 1. The number of aromatic nitrogens is 1. The summed E-state index contributed by atoms with van der Waals surface area (Å²) in [5.74, 6) is -1.06. The third-order valence-corrected chi connectivity index (χ3v) is 2.25. The van der Waals surface area contributed by atoms with Crippen molar-refractivity contribution in [1.29, 1.82) is 0 Å². The first kappa shape index (κ1) is 12.3. The van der Waals surface area contributed by atoms with Gasteiger partial charge in [0.2, 0.25) is 0 Å². The van der Waals surface area contributed by atoms with Crippen molar-refractivity contribution in [2.45, 2.75) is 6.36 Å². The van der Waals surface area contributed by atoms with Crippen molar-refractivity contribution < 1.29 is 27.4 Å². The monoisotopic (exact) mass is 259 g/mol. The zero-order valence-electron chi connectivity index (χ0n) is 9.17. The maximum absolute atomic E-state index is 12.2. The van der Waals surface area contributed by atoms with E-state index in [0.29, 0.717) is 5.39 Å². The van der Waals surface area contributed by atoms with Gasteiger partial charge in [0.25, 0.3) is 0 Å². The first-order valence-corrected chi connectivity index (χ1v) is 4.86. The lowest BCUT2D eigenvalue weighted by Gasteiger charge is -2.09. The molecular weight excluding hydrogens is 251 g/mol. The summed E-state index contributed by atoms with van der Waals surface area (Å²) in [6.45, 7) is 0. The number of hydrogen-bond donors (Lipinski definition) is 1. The molecule has 1 heterocycles. The fourth-order valence-electron chi connectivity index (χ4n) is 1.56. The molecule has 1 aromatic carbocycles. The van der Waals surface area contributed by atoms with Gasteiger partial charge in [0.1, 0.15) is 5.69 Å². The Morgan fingerprint density at radius 2 is 2.06 bits per heavy atom. The van der Waals surface area contributed by atoms with Crippen molar-refractivity contribution >= 4 is 16.9 Å². The first-order valence-electron chi connectivity index (χ1n) is 4.86. The van der Waals surface area contributed by atoms with E-state index in [9.17, 15) is 18.0 Å². The molecule has 0 saturated heterocycles. The Balaban J connectivity index is 2.49. The molecule has 0 unspecified atom stereocenters. The van der Waals surface area contributed by atoms with Gasteiger partial charge >= 0.3 is 12.3 Å². The summed E-state index contributed by atoms with van der Waals surface area (Å²) < 4.78 is 44.9. The Labute approximate surface area is 99.3 Å². The van der Waals surface area contributed by atoms with Crippen molar-refractivity contribution in [3.05, 3.63) is 30.0 Å². The standard InChI is InChI=1S/C11H8F3NO3/c1-17-10(16)7-5-6-3-2-4-8(9(6)15-7)18-11(12,13)14/h2-5,15H,1H3. The van der Waals surface area contributed by atoms with Crippen LogP contribution in [0.15, 0.2) is 24.3 Å². The summed E-state index contributed by atoms with van der Waals surface area (Å²) in [5.41, 5.74) is 0.154. The van der Waals surface area contributed by atoms with Crippen LogP contribution in [0, 0.1) is 0 Å². The lowest BCUT2D eigenvalue weighted by molar-refractivity contribution is -0.274. The average molecular weight is 259 g/mol. The SMILES string of the molecule is COC(=O)c1cc2cccc(OC(F)(F)F)c2[nH]1. The molecule has 0 amide bonds. The number of rotatable bonds is 2. The lowest BCUT2D eigenvalue weighted by Crippen LogP contribution is -2.17. The van der Waals surface area contributed by atoms with E-state index < -0.39 is 18.1 Å². The summed E-state index contributed by atoms with van der Waals surface area (Å²) in [4.78, 5) is 13.8. The highest BCUT2D eigenvalue weighted by Crippen LogP contribution is 2.30. The summed E-state index contributed by atoms with van der Waals surface area (Å²) in [6.07, 6.45) is -4.79. The molecule has 0 atom stereocenters. The van der Waals surface area contributed by atoms with Crippen LogP contribution in [0.4, 0.5) is 13.2 Å². The molecule has 4 nitrogen and oxygen atoms in total. The number of halogens is 3. The molecule has 0 aliphatic rings. The van der Waals surface area contributed by atoms with Crippen LogP contribution in [-0.4, -0.2) is 24.4 Å². The summed E-state index contributed by atoms with van der Waals surface area (Å²) >= 11 is 0. The fraction of sp³-hybridized carbons (Fsp3) is 0.182. The molecular formula is C11H8F3NO3. The molecule has 18 heavy (non-hydrogen) atoms. The minimum Gasteiger partial charge on any atom is -0.464 e. The lowest BCUT2D eigenvalue weighted by atomic mass is 10.2. The number of carbonyl (C=O) groups excluding carboxylic acids is 1. The highest BCUT2D eigenvalue weighted by atomic mass is 19.4. The van der Waals surface area contributed by atoms with Gasteiger partial charge in [-0.3, -0.25) is 0 Å². The molecule has 0 saturated carbocycles. The van der Waals surface area contributed by atoms with Gasteiger partial charge in [-0.15, -0.1) is 13.2 Å². The van der Waals surface area contributed by atoms with Gasteiger partial charge in [0.15, 0.2) is 5.75 Å². The maximum atomic E-state index is 12.2. The average Bonchev–Trinajstić information content (AvgIpc) is 2.71. The molecule has 7 heteroatoms. The van der Waals surface area contributed by atoms with Gasteiger partial charge in [-0.05, 0) is 12.1 Å². The Hall–Kier alpha value is -2.18. The second-order valence-electron chi connectivity index (χ2n) is 3.44. The van der Waals surface area contributed by atoms with E-state index in [1.165, 1.54) is 19.2 Å². The number of esters is 1. The minimum absolute atomic E-state index is 0.0609. The largest absolute Gasteiger partial charge is 0.573 e. The van der Waals surface area contributed by atoms with Gasteiger partial charge < -0.3 is 14.5 Å². The quantitative estimate of drug-likeness (QED) is 0.844. The van der Waals surface area contributed by atoms with Crippen LogP contribution in [0.5, 0.6) is 5.75 Å². The molecule has 1 N–H and O–H groups in total. The smallest absolute Gasteiger partial charge is 0.464 e. The van der Waals surface area contributed by atoms with E-state index in [0.717, 1.165) is 6.07 Å². The van der Waals surface area contributed by atoms with E-state index in [2.05, 4.69) is 14.5 Å². The van der Waals surface area contributed by atoms with Crippen molar-refractivity contribution in [2.75, 3.05) is 7.11 Å². The topological polar surface area (TPSA) is 51.3 Å². The number of carbonyl (C=O) groups is 1. The van der Waals surface area contributed by atoms with E-state index in [1.54, 1.807) is 6.07 Å². The van der Waals surface area contributed by atoms with Gasteiger partial charge in [-0.1, -0.05) is 12.1 Å². The Morgan fingerprint density at radius 3 is 2.67 bits per heavy atom. The molecule has 96 valence electrons. The Bertz CT molecular complexity index is 589. The molecule has 2 aromatic rings. The number of benzene rings is 1. The van der Waals surface area contributed by atoms with Gasteiger partial charge in [-0.25, -0.2) is 4.79 Å². The summed E-state index contributed by atoms with van der Waals surface area (Å²) in [7, 11) is 1.18. The molecule has 2 rings (SSSR count). The Kier molecular flexibility index (Phi) is 2.90. The van der Waals surface area contributed by atoms with E-state index >= 15 is 0 Å². The highest BCUT2D eigenvalue weighted by molar-refractivity contribution is 5.96. The van der Waals surface area contributed by atoms with Crippen LogP contribution in [-0.2, 0) is 4.74 Å². The number of methoxy groups -OCH3 is 1. The maximum Gasteiger partial charge on any atom is 0.573 e. The first-order chi connectivity index (χ1) is 8.40. The molecule has 0 fully saturated rings. The van der Waals surface area contributed by atoms with Crippen LogP contribution >= 0.6 is 0 Å². The van der Waals surface area contributed by atoms with Crippen LogP contribution in [0.2, 0.25) is 0 Å². The third-order valence-electron chi connectivity index (χ3n) is 2.25. The van der Waals surface area contributed by atoms with Crippen molar-refractivity contribution in [3.63, 3.8) is 0 Å². The van der Waals surface area contributed by atoms with Gasteiger partial charge in [-0.2, -0.15) is 0 Å². The third kappa shape index (κ3) is 2.39. The van der Waals surface area contributed by atoms with Crippen LogP contribution in [0.3, 0.4) is 0 Å². The second kappa shape index (κ2) is 4.25.